The lowest BCUT2D eigenvalue weighted by molar-refractivity contribution is -0.139. The second-order valence-corrected chi connectivity index (χ2v) is 7.60. The van der Waals surface area contributed by atoms with Gasteiger partial charge < -0.3 is 15.4 Å². The molecule has 3 rings (SSSR count). The molecule has 0 heterocycles. The third-order valence-corrected chi connectivity index (χ3v) is 5.06. The van der Waals surface area contributed by atoms with Gasteiger partial charge in [0.25, 0.3) is 5.91 Å². The van der Waals surface area contributed by atoms with Gasteiger partial charge in [-0.15, -0.1) is 0 Å². The van der Waals surface area contributed by atoms with Gasteiger partial charge in [-0.3, -0.25) is 14.4 Å². The number of hydrogen-bond acceptors (Lipinski definition) is 5. The minimum Gasteiger partial charge on any atom is -0.484 e. The SMILES string of the molecule is Cc1c(Cl)cccc1NC(=O)COc1cccc(/C=N\NC(=O)C(=O)NCc2ccccc2)c1. The molecule has 0 radical (unpaired) electrons. The Bertz CT molecular complexity index is 1200. The Morgan fingerprint density at radius 1 is 0.971 bits per heavy atom. The number of nitrogens with zero attached hydrogens (tertiary/aromatic N) is 1. The largest absolute Gasteiger partial charge is 0.484 e. The molecule has 9 heteroatoms. The summed E-state index contributed by atoms with van der Waals surface area (Å²) in [5, 5.41) is 9.63. The molecule has 3 aromatic carbocycles. The van der Waals surface area contributed by atoms with Crippen molar-refractivity contribution in [3.63, 3.8) is 0 Å². The molecule has 3 amide bonds. The van der Waals surface area contributed by atoms with Gasteiger partial charge in [0.15, 0.2) is 6.61 Å². The molecule has 8 nitrogen and oxygen atoms in total. The van der Waals surface area contributed by atoms with Crippen molar-refractivity contribution in [3.8, 4) is 5.75 Å². The maximum atomic E-state index is 12.2. The van der Waals surface area contributed by atoms with Crippen molar-refractivity contribution in [2.24, 2.45) is 5.10 Å². The van der Waals surface area contributed by atoms with Crippen LogP contribution >= 0.6 is 11.6 Å². The Morgan fingerprint density at radius 3 is 2.53 bits per heavy atom. The number of rotatable bonds is 8. The molecule has 0 spiro atoms. The molecule has 0 bridgehead atoms. The highest BCUT2D eigenvalue weighted by atomic mass is 35.5. The van der Waals surface area contributed by atoms with Crippen LogP contribution in [0.2, 0.25) is 5.02 Å². The summed E-state index contributed by atoms with van der Waals surface area (Å²) < 4.78 is 5.53. The van der Waals surface area contributed by atoms with E-state index in [1.165, 1.54) is 6.21 Å². The van der Waals surface area contributed by atoms with Crippen LogP contribution in [0.15, 0.2) is 77.9 Å². The molecular weight excluding hydrogens is 456 g/mol. The van der Waals surface area contributed by atoms with Crippen molar-refractivity contribution in [3.05, 3.63) is 94.5 Å². The van der Waals surface area contributed by atoms with Crippen LogP contribution in [0.5, 0.6) is 5.75 Å². The Labute approximate surface area is 202 Å². The van der Waals surface area contributed by atoms with Gasteiger partial charge in [0.1, 0.15) is 5.75 Å². The zero-order valence-electron chi connectivity index (χ0n) is 18.4. The number of carbonyl (C=O) groups excluding carboxylic acids is 3. The smallest absolute Gasteiger partial charge is 0.329 e. The lowest BCUT2D eigenvalue weighted by atomic mass is 10.2. The van der Waals surface area contributed by atoms with Gasteiger partial charge in [-0.2, -0.15) is 5.10 Å². The van der Waals surface area contributed by atoms with Gasteiger partial charge in [0.05, 0.1) is 6.21 Å². The van der Waals surface area contributed by atoms with E-state index in [1.807, 2.05) is 37.3 Å². The molecule has 34 heavy (non-hydrogen) atoms. The lowest BCUT2D eigenvalue weighted by Gasteiger charge is -2.10. The van der Waals surface area contributed by atoms with E-state index in [0.717, 1.165) is 11.1 Å². The fraction of sp³-hybridized carbons (Fsp3) is 0.120. The molecule has 0 aliphatic heterocycles. The van der Waals surface area contributed by atoms with Crippen LogP contribution in [0.25, 0.3) is 0 Å². The monoisotopic (exact) mass is 478 g/mol. The van der Waals surface area contributed by atoms with Crippen molar-refractivity contribution in [2.75, 3.05) is 11.9 Å². The van der Waals surface area contributed by atoms with E-state index in [4.69, 9.17) is 16.3 Å². The second-order valence-electron chi connectivity index (χ2n) is 7.19. The molecule has 0 aromatic heterocycles. The van der Waals surface area contributed by atoms with E-state index in [2.05, 4.69) is 21.2 Å². The lowest BCUT2D eigenvalue weighted by Crippen LogP contribution is -2.37. The Hall–Kier alpha value is -4.17. The van der Waals surface area contributed by atoms with Crippen LogP contribution < -0.4 is 20.8 Å². The Morgan fingerprint density at radius 2 is 1.74 bits per heavy atom. The molecule has 0 saturated heterocycles. The first-order chi connectivity index (χ1) is 16.4. The summed E-state index contributed by atoms with van der Waals surface area (Å²) in [4.78, 5) is 35.9. The first kappa shape index (κ1) is 24.5. The predicted molar refractivity (Wildman–Crippen MR) is 131 cm³/mol. The number of hydrazone groups is 1. The molecule has 174 valence electrons. The van der Waals surface area contributed by atoms with Crippen molar-refractivity contribution >= 4 is 41.2 Å². The number of ether oxygens (including phenoxy) is 1. The highest BCUT2D eigenvalue weighted by Crippen LogP contribution is 2.22. The maximum absolute atomic E-state index is 12.2. The van der Waals surface area contributed by atoms with Crippen molar-refractivity contribution in [1.82, 2.24) is 10.7 Å². The summed E-state index contributed by atoms with van der Waals surface area (Å²) in [5.74, 6) is -1.57. The number of carbonyl (C=O) groups is 3. The summed E-state index contributed by atoms with van der Waals surface area (Å²) in [7, 11) is 0. The number of amides is 3. The third-order valence-electron chi connectivity index (χ3n) is 4.65. The highest BCUT2D eigenvalue weighted by Gasteiger charge is 2.12. The molecule has 3 aromatic rings. The van der Waals surface area contributed by atoms with Crippen molar-refractivity contribution in [1.29, 1.82) is 0 Å². The molecular formula is C25H23ClN4O4. The summed E-state index contributed by atoms with van der Waals surface area (Å²) in [5.41, 5.74) is 5.04. The summed E-state index contributed by atoms with van der Waals surface area (Å²) in [6, 6.07) is 21.3. The van der Waals surface area contributed by atoms with Crippen LogP contribution in [-0.2, 0) is 20.9 Å². The minimum atomic E-state index is -0.882. The van der Waals surface area contributed by atoms with E-state index in [1.54, 1.807) is 42.5 Å². The van der Waals surface area contributed by atoms with Gasteiger partial charge in [-0.1, -0.05) is 60.1 Å². The van der Waals surface area contributed by atoms with E-state index in [-0.39, 0.29) is 19.1 Å². The fourth-order valence-electron chi connectivity index (χ4n) is 2.84. The van der Waals surface area contributed by atoms with Crippen LogP contribution in [0.4, 0.5) is 5.69 Å². The summed E-state index contributed by atoms with van der Waals surface area (Å²) in [6.07, 6.45) is 1.37. The highest BCUT2D eigenvalue weighted by molar-refractivity contribution is 6.35. The first-order valence-electron chi connectivity index (χ1n) is 10.4. The average Bonchev–Trinajstić information content (AvgIpc) is 2.85. The van der Waals surface area contributed by atoms with Gasteiger partial charge >= 0.3 is 11.8 Å². The predicted octanol–water partition coefficient (Wildman–Crippen LogP) is 3.43. The quantitative estimate of drug-likeness (QED) is 0.262. The number of benzene rings is 3. The minimum absolute atomic E-state index is 0.204. The van der Waals surface area contributed by atoms with Crippen LogP contribution in [0, 0.1) is 6.92 Å². The van der Waals surface area contributed by atoms with Gasteiger partial charge in [0, 0.05) is 17.3 Å². The third kappa shape index (κ3) is 7.46. The van der Waals surface area contributed by atoms with Crippen molar-refractivity contribution in [2.45, 2.75) is 13.5 Å². The molecule has 0 aliphatic carbocycles. The maximum Gasteiger partial charge on any atom is 0.329 e. The van der Waals surface area contributed by atoms with Crippen LogP contribution in [0.3, 0.4) is 0 Å². The van der Waals surface area contributed by atoms with Gasteiger partial charge in [0.2, 0.25) is 0 Å². The molecule has 0 atom stereocenters. The molecule has 0 saturated carbocycles. The summed E-state index contributed by atoms with van der Waals surface area (Å²) in [6.45, 7) is 1.85. The number of halogens is 1. The normalized spacial score (nSPS) is 10.5. The molecule has 0 fully saturated rings. The zero-order chi connectivity index (χ0) is 24.3. The number of nitrogens with one attached hydrogen (secondary N) is 3. The Balaban J connectivity index is 1.46. The Kier molecular flexibility index (Phi) is 8.76. The molecule has 0 aliphatic rings. The van der Waals surface area contributed by atoms with Gasteiger partial charge in [-0.05, 0) is 47.9 Å². The first-order valence-corrected chi connectivity index (χ1v) is 10.7. The van der Waals surface area contributed by atoms with E-state index < -0.39 is 11.8 Å². The van der Waals surface area contributed by atoms with Gasteiger partial charge in [-0.25, -0.2) is 5.43 Å². The topological polar surface area (TPSA) is 109 Å². The average molecular weight is 479 g/mol. The second kappa shape index (κ2) is 12.2. The number of hydrogen-bond donors (Lipinski definition) is 3. The summed E-state index contributed by atoms with van der Waals surface area (Å²) >= 11 is 6.06. The zero-order valence-corrected chi connectivity index (χ0v) is 19.1. The number of anilines is 1. The standard InChI is InChI=1S/C25H23ClN4O4/c1-17-21(26)11-6-12-22(17)29-23(31)16-34-20-10-5-9-19(13-20)15-28-30-25(33)24(32)27-14-18-7-3-2-4-8-18/h2-13,15H,14,16H2,1H3,(H,27,32)(H,29,31)(H,30,33)/b28-15-. The molecule has 0 unspecified atom stereocenters. The van der Waals surface area contributed by atoms with Crippen molar-refractivity contribution < 1.29 is 19.1 Å². The van der Waals surface area contributed by atoms with Crippen LogP contribution in [0.1, 0.15) is 16.7 Å². The fourth-order valence-corrected chi connectivity index (χ4v) is 3.01. The van der Waals surface area contributed by atoms with E-state index in [9.17, 15) is 14.4 Å². The van der Waals surface area contributed by atoms with E-state index in [0.29, 0.717) is 22.0 Å². The van der Waals surface area contributed by atoms with Crippen LogP contribution in [-0.4, -0.2) is 30.5 Å². The molecule has 3 N–H and O–H groups in total. The van der Waals surface area contributed by atoms with E-state index >= 15 is 0 Å².